The van der Waals surface area contributed by atoms with Gasteiger partial charge in [0.2, 0.25) is 5.76 Å². The van der Waals surface area contributed by atoms with Crippen LogP contribution in [0.25, 0.3) is 11.1 Å². The maximum Gasteiger partial charge on any atom is 0.412 e. The Hall–Kier alpha value is -4.33. The highest BCUT2D eigenvalue weighted by Gasteiger charge is 2.29. The Morgan fingerprint density at radius 2 is 1.69 bits per heavy atom. The van der Waals surface area contributed by atoms with Gasteiger partial charge in [0.05, 0.1) is 6.54 Å². The highest BCUT2D eigenvalue weighted by Crippen LogP contribution is 2.44. The minimum Gasteiger partial charge on any atom is -0.475 e. The van der Waals surface area contributed by atoms with Crippen molar-refractivity contribution in [3.8, 4) is 11.1 Å². The Balaban J connectivity index is 1.21. The van der Waals surface area contributed by atoms with Gasteiger partial charge in [-0.3, -0.25) is 10.00 Å². The Morgan fingerprint density at radius 3 is 2.34 bits per heavy atom. The van der Waals surface area contributed by atoms with E-state index in [1.165, 1.54) is 21.9 Å². The standard InChI is InChI=1S/C24H19N3O5/c28-23(29)21-10-9-15(32-21)13-27-12-11-22(26-27)25-24(30)31-14-20-18-7-3-1-5-16(18)17-6-2-4-8-19(17)20/h1-12,20H,13-14H2,(H,28,29)(H,25,26,30). The van der Waals surface area contributed by atoms with Crippen LogP contribution < -0.4 is 5.32 Å². The van der Waals surface area contributed by atoms with Gasteiger partial charge in [-0.2, -0.15) is 5.10 Å². The molecule has 0 spiro atoms. The van der Waals surface area contributed by atoms with Crippen LogP contribution in [0, 0.1) is 0 Å². The molecule has 2 N–H and O–H groups in total. The molecule has 5 rings (SSSR count). The van der Waals surface area contributed by atoms with Crippen molar-refractivity contribution in [1.29, 1.82) is 0 Å². The van der Waals surface area contributed by atoms with Crippen molar-refractivity contribution >= 4 is 17.9 Å². The van der Waals surface area contributed by atoms with Crippen molar-refractivity contribution in [2.45, 2.75) is 12.5 Å². The molecular weight excluding hydrogens is 410 g/mol. The first-order valence-electron chi connectivity index (χ1n) is 10.1. The number of nitrogens with one attached hydrogen (secondary N) is 1. The average molecular weight is 429 g/mol. The number of carbonyl (C=O) groups excluding carboxylic acids is 1. The van der Waals surface area contributed by atoms with E-state index >= 15 is 0 Å². The summed E-state index contributed by atoms with van der Waals surface area (Å²) < 4.78 is 12.3. The molecule has 2 aromatic carbocycles. The lowest BCUT2D eigenvalue weighted by Gasteiger charge is -2.14. The Morgan fingerprint density at radius 1 is 1.00 bits per heavy atom. The quantitative estimate of drug-likeness (QED) is 0.465. The number of rotatable bonds is 6. The van der Waals surface area contributed by atoms with Crippen molar-refractivity contribution in [3.05, 3.63) is 95.6 Å². The molecule has 4 aromatic rings. The molecule has 0 atom stereocenters. The summed E-state index contributed by atoms with van der Waals surface area (Å²) in [7, 11) is 0. The van der Waals surface area contributed by atoms with E-state index in [0.717, 1.165) is 11.1 Å². The van der Waals surface area contributed by atoms with Crippen LogP contribution in [0.5, 0.6) is 0 Å². The van der Waals surface area contributed by atoms with Gasteiger partial charge in [-0.05, 0) is 34.4 Å². The van der Waals surface area contributed by atoms with Gasteiger partial charge in [-0.1, -0.05) is 48.5 Å². The normalized spacial score (nSPS) is 12.2. The number of nitrogens with zero attached hydrogens (tertiary/aromatic N) is 2. The number of fused-ring (bicyclic) bond motifs is 3. The van der Waals surface area contributed by atoms with Gasteiger partial charge in [0.15, 0.2) is 5.82 Å². The zero-order chi connectivity index (χ0) is 22.1. The summed E-state index contributed by atoms with van der Waals surface area (Å²) in [6, 6.07) is 20.9. The number of anilines is 1. The van der Waals surface area contributed by atoms with Crippen LogP contribution in [0.2, 0.25) is 0 Å². The van der Waals surface area contributed by atoms with E-state index in [1.54, 1.807) is 18.3 Å². The van der Waals surface area contributed by atoms with Crippen LogP contribution in [0.1, 0.15) is 33.4 Å². The van der Waals surface area contributed by atoms with Crippen LogP contribution in [0.4, 0.5) is 10.6 Å². The predicted octanol–water partition coefficient (Wildman–Crippen LogP) is 4.58. The molecule has 0 unspecified atom stereocenters. The lowest BCUT2D eigenvalue weighted by molar-refractivity contribution is 0.0660. The van der Waals surface area contributed by atoms with Crippen molar-refractivity contribution in [3.63, 3.8) is 0 Å². The van der Waals surface area contributed by atoms with Crippen molar-refractivity contribution < 1.29 is 23.8 Å². The van der Waals surface area contributed by atoms with E-state index in [4.69, 9.17) is 14.3 Å². The summed E-state index contributed by atoms with van der Waals surface area (Å²) in [6.07, 6.45) is 1.06. The Labute approximate surface area is 183 Å². The lowest BCUT2D eigenvalue weighted by Crippen LogP contribution is -2.18. The van der Waals surface area contributed by atoms with Gasteiger partial charge in [0.1, 0.15) is 12.4 Å². The third-order valence-electron chi connectivity index (χ3n) is 5.40. The highest BCUT2D eigenvalue weighted by molar-refractivity contribution is 5.84. The maximum absolute atomic E-state index is 12.4. The predicted molar refractivity (Wildman–Crippen MR) is 116 cm³/mol. The molecule has 8 nitrogen and oxygen atoms in total. The van der Waals surface area contributed by atoms with Gasteiger partial charge in [0, 0.05) is 18.2 Å². The first-order valence-corrected chi connectivity index (χ1v) is 10.1. The third kappa shape index (κ3) is 3.74. The second-order valence-electron chi connectivity index (χ2n) is 7.42. The summed E-state index contributed by atoms with van der Waals surface area (Å²) in [4.78, 5) is 23.3. The molecule has 2 heterocycles. The number of hydrogen-bond donors (Lipinski definition) is 2. The number of aromatic carboxylic acids is 1. The van der Waals surface area contributed by atoms with Crippen LogP contribution in [-0.4, -0.2) is 33.6 Å². The van der Waals surface area contributed by atoms with Gasteiger partial charge in [0.25, 0.3) is 0 Å². The Bertz CT molecular complexity index is 1260. The minimum atomic E-state index is -1.13. The molecule has 0 saturated carbocycles. The molecule has 0 bridgehead atoms. The number of hydrogen-bond acceptors (Lipinski definition) is 5. The van der Waals surface area contributed by atoms with E-state index in [0.29, 0.717) is 11.6 Å². The molecule has 32 heavy (non-hydrogen) atoms. The van der Waals surface area contributed by atoms with Gasteiger partial charge in [-0.25, -0.2) is 9.59 Å². The molecule has 0 saturated heterocycles. The lowest BCUT2D eigenvalue weighted by atomic mass is 9.98. The summed E-state index contributed by atoms with van der Waals surface area (Å²) >= 11 is 0. The van der Waals surface area contributed by atoms with E-state index < -0.39 is 12.1 Å². The molecule has 8 heteroatoms. The largest absolute Gasteiger partial charge is 0.475 e. The fourth-order valence-electron chi connectivity index (χ4n) is 3.99. The summed E-state index contributed by atoms with van der Waals surface area (Å²) in [6.45, 7) is 0.449. The number of amides is 1. The molecule has 0 radical (unpaired) electrons. The van der Waals surface area contributed by atoms with Gasteiger partial charge < -0.3 is 14.3 Å². The number of ether oxygens (including phenoxy) is 1. The number of furan rings is 1. The molecule has 1 amide bonds. The highest BCUT2D eigenvalue weighted by atomic mass is 16.5. The van der Waals surface area contributed by atoms with E-state index in [2.05, 4.69) is 34.7 Å². The molecule has 0 fully saturated rings. The average Bonchev–Trinajstić information content (AvgIpc) is 3.51. The molecule has 0 aliphatic heterocycles. The minimum absolute atomic E-state index is 0.0203. The maximum atomic E-state index is 12.4. The van der Waals surface area contributed by atoms with Crippen molar-refractivity contribution in [2.75, 3.05) is 11.9 Å². The van der Waals surface area contributed by atoms with Crippen LogP contribution >= 0.6 is 0 Å². The first kappa shape index (κ1) is 19.6. The van der Waals surface area contributed by atoms with Crippen LogP contribution in [-0.2, 0) is 11.3 Å². The fraction of sp³-hybridized carbons (Fsp3) is 0.125. The molecule has 1 aliphatic rings. The van der Waals surface area contributed by atoms with E-state index in [9.17, 15) is 9.59 Å². The monoisotopic (exact) mass is 429 g/mol. The van der Waals surface area contributed by atoms with Crippen molar-refractivity contribution in [2.24, 2.45) is 0 Å². The zero-order valence-electron chi connectivity index (χ0n) is 16.9. The summed E-state index contributed by atoms with van der Waals surface area (Å²) in [5.74, 6) is -0.517. The number of carbonyl (C=O) groups is 2. The summed E-state index contributed by atoms with van der Waals surface area (Å²) in [5, 5.41) is 15.8. The topological polar surface area (TPSA) is 107 Å². The van der Waals surface area contributed by atoms with Gasteiger partial charge >= 0.3 is 12.1 Å². The van der Waals surface area contributed by atoms with Crippen molar-refractivity contribution in [1.82, 2.24) is 9.78 Å². The van der Waals surface area contributed by atoms with E-state index in [-0.39, 0.29) is 24.8 Å². The van der Waals surface area contributed by atoms with Crippen LogP contribution in [0.15, 0.2) is 77.3 Å². The van der Waals surface area contributed by atoms with E-state index in [1.807, 2.05) is 24.3 Å². The first-order chi connectivity index (χ1) is 15.6. The number of aromatic nitrogens is 2. The number of benzene rings is 2. The molecule has 1 aliphatic carbocycles. The fourth-order valence-corrected chi connectivity index (χ4v) is 3.99. The second-order valence-corrected chi connectivity index (χ2v) is 7.42. The second kappa shape index (κ2) is 8.07. The summed E-state index contributed by atoms with van der Waals surface area (Å²) in [5.41, 5.74) is 4.62. The van der Waals surface area contributed by atoms with Gasteiger partial charge in [-0.15, -0.1) is 0 Å². The Kier molecular flexibility index (Phi) is 4.95. The zero-order valence-corrected chi connectivity index (χ0v) is 16.9. The number of carboxylic acid groups (broad SMARTS) is 1. The SMILES string of the molecule is O=C(Nc1ccn(Cc2ccc(C(=O)O)o2)n1)OCC1c2ccccc2-c2ccccc21. The third-order valence-corrected chi connectivity index (χ3v) is 5.40. The molecular formula is C24H19N3O5. The molecule has 160 valence electrons. The van der Waals surface area contributed by atoms with Crippen LogP contribution in [0.3, 0.4) is 0 Å². The molecule has 2 aromatic heterocycles. The number of carboxylic acids is 1. The smallest absolute Gasteiger partial charge is 0.412 e.